The van der Waals surface area contributed by atoms with Crippen molar-refractivity contribution in [3.63, 3.8) is 0 Å². The fourth-order valence-electron chi connectivity index (χ4n) is 2.33. The van der Waals surface area contributed by atoms with E-state index in [4.69, 9.17) is 5.11 Å². The summed E-state index contributed by atoms with van der Waals surface area (Å²) >= 11 is 0. The number of rotatable bonds is 3. The van der Waals surface area contributed by atoms with Crippen LogP contribution in [0.1, 0.15) is 48.0 Å². The van der Waals surface area contributed by atoms with E-state index in [1.165, 1.54) is 19.3 Å². The summed E-state index contributed by atoms with van der Waals surface area (Å²) in [5.74, 6) is -0.0211. The van der Waals surface area contributed by atoms with Crippen LogP contribution in [0.5, 0.6) is 0 Å². The molecule has 17 heavy (non-hydrogen) atoms. The van der Waals surface area contributed by atoms with E-state index in [9.17, 15) is 4.79 Å². The van der Waals surface area contributed by atoms with Crippen molar-refractivity contribution in [2.24, 2.45) is 0 Å². The molecule has 0 spiro atoms. The second-order valence-electron chi connectivity index (χ2n) is 4.67. The molecule has 0 atom stereocenters. The molecule has 1 amide bonds. The number of carbonyl (C=O) groups excluding carboxylic acids is 1. The van der Waals surface area contributed by atoms with Gasteiger partial charge < -0.3 is 10.4 Å². The quantitative estimate of drug-likeness (QED) is 0.841. The van der Waals surface area contributed by atoms with Crippen LogP contribution < -0.4 is 5.32 Å². The molecular formula is C14H19NO2. The van der Waals surface area contributed by atoms with Gasteiger partial charge in [-0.3, -0.25) is 4.79 Å². The topological polar surface area (TPSA) is 49.3 Å². The Morgan fingerprint density at radius 2 is 2.06 bits per heavy atom. The van der Waals surface area contributed by atoms with E-state index in [1.54, 1.807) is 18.2 Å². The van der Waals surface area contributed by atoms with Crippen molar-refractivity contribution in [3.8, 4) is 0 Å². The normalized spacial score (nSPS) is 16.8. The molecule has 0 radical (unpaired) electrons. The molecule has 0 unspecified atom stereocenters. The molecule has 0 bridgehead atoms. The zero-order valence-electron chi connectivity index (χ0n) is 9.98. The predicted octanol–water partition coefficient (Wildman–Crippen LogP) is 2.24. The van der Waals surface area contributed by atoms with Crippen molar-refractivity contribution >= 4 is 5.91 Å². The first-order valence-electron chi connectivity index (χ1n) is 6.30. The van der Waals surface area contributed by atoms with E-state index >= 15 is 0 Å². The van der Waals surface area contributed by atoms with Gasteiger partial charge in [-0.05, 0) is 30.5 Å². The number of carbonyl (C=O) groups is 1. The molecule has 92 valence electrons. The summed E-state index contributed by atoms with van der Waals surface area (Å²) < 4.78 is 0. The first kappa shape index (κ1) is 12.1. The molecular weight excluding hydrogens is 214 g/mol. The van der Waals surface area contributed by atoms with Gasteiger partial charge in [0.15, 0.2) is 0 Å². The molecule has 0 heterocycles. The number of hydrogen-bond acceptors (Lipinski definition) is 2. The van der Waals surface area contributed by atoms with Crippen LogP contribution in [-0.4, -0.2) is 17.1 Å². The van der Waals surface area contributed by atoms with E-state index in [1.807, 2.05) is 6.07 Å². The highest BCUT2D eigenvalue weighted by atomic mass is 16.3. The fourth-order valence-corrected chi connectivity index (χ4v) is 2.33. The second kappa shape index (κ2) is 5.82. The highest BCUT2D eigenvalue weighted by molar-refractivity contribution is 5.94. The SMILES string of the molecule is O=C(NC1CCCCC1)c1cccc(CO)c1. The lowest BCUT2D eigenvalue weighted by Gasteiger charge is -2.22. The Bertz CT molecular complexity index is 384. The van der Waals surface area contributed by atoms with Crippen LogP contribution in [0.4, 0.5) is 0 Å². The van der Waals surface area contributed by atoms with Gasteiger partial charge in [0.1, 0.15) is 0 Å². The smallest absolute Gasteiger partial charge is 0.251 e. The van der Waals surface area contributed by atoms with Gasteiger partial charge in [-0.25, -0.2) is 0 Å². The molecule has 3 heteroatoms. The minimum absolute atomic E-state index is 0.0211. The molecule has 1 aliphatic rings. The largest absolute Gasteiger partial charge is 0.392 e. The average molecular weight is 233 g/mol. The van der Waals surface area contributed by atoms with Crippen LogP contribution in [-0.2, 0) is 6.61 Å². The summed E-state index contributed by atoms with van der Waals surface area (Å²) in [4.78, 5) is 12.0. The average Bonchev–Trinajstić information content (AvgIpc) is 2.40. The van der Waals surface area contributed by atoms with E-state index in [-0.39, 0.29) is 12.5 Å². The molecule has 1 aromatic rings. The molecule has 1 saturated carbocycles. The molecule has 2 rings (SSSR count). The maximum atomic E-state index is 12.0. The first-order valence-corrected chi connectivity index (χ1v) is 6.30. The lowest BCUT2D eigenvalue weighted by atomic mass is 9.95. The van der Waals surface area contributed by atoms with Crippen LogP contribution >= 0.6 is 0 Å². The van der Waals surface area contributed by atoms with Gasteiger partial charge in [-0.1, -0.05) is 31.4 Å². The van der Waals surface area contributed by atoms with Crippen molar-refractivity contribution in [1.82, 2.24) is 5.32 Å². The number of nitrogens with one attached hydrogen (secondary N) is 1. The molecule has 1 aromatic carbocycles. The van der Waals surface area contributed by atoms with Crippen LogP contribution in [0.2, 0.25) is 0 Å². The Morgan fingerprint density at radius 3 is 2.76 bits per heavy atom. The maximum absolute atomic E-state index is 12.0. The summed E-state index contributed by atoms with van der Waals surface area (Å²) in [5.41, 5.74) is 1.42. The molecule has 3 nitrogen and oxygen atoms in total. The molecule has 0 saturated heterocycles. The van der Waals surface area contributed by atoms with Gasteiger partial charge in [-0.2, -0.15) is 0 Å². The maximum Gasteiger partial charge on any atom is 0.251 e. The lowest BCUT2D eigenvalue weighted by molar-refractivity contribution is 0.0927. The van der Waals surface area contributed by atoms with Crippen molar-refractivity contribution in [2.45, 2.75) is 44.8 Å². The number of benzene rings is 1. The van der Waals surface area contributed by atoms with Crippen LogP contribution in [0, 0.1) is 0 Å². The summed E-state index contributed by atoms with van der Waals surface area (Å²) in [6.45, 7) is -0.0233. The van der Waals surface area contributed by atoms with Crippen molar-refractivity contribution in [2.75, 3.05) is 0 Å². The van der Waals surface area contributed by atoms with Crippen molar-refractivity contribution in [3.05, 3.63) is 35.4 Å². The van der Waals surface area contributed by atoms with Gasteiger partial charge in [-0.15, -0.1) is 0 Å². The van der Waals surface area contributed by atoms with E-state index in [0.717, 1.165) is 18.4 Å². The zero-order valence-corrected chi connectivity index (χ0v) is 9.98. The Hall–Kier alpha value is -1.35. The van der Waals surface area contributed by atoms with Crippen molar-refractivity contribution in [1.29, 1.82) is 0 Å². The molecule has 2 N–H and O–H groups in total. The van der Waals surface area contributed by atoms with E-state index in [2.05, 4.69) is 5.32 Å². The highest BCUT2D eigenvalue weighted by Gasteiger charge is 2.16. The predicted molar refractivity (Wildman–Crippen MR) is 66.7 cm³/mol. The molecule has 0 aliphatic heterocycles. The fraction of sp³-hybridized carbons (Fsp3) is 0.500. The number of aliphatic hydroxyl groups is 1. The minimum atomic E-state index is -0.0233. The summed E-state index contributed by atoms with van der Waals surface area (Å²) in [6.07, 6.45) is 5.88. The Kier molecular flexibility index (Phi) is 4.15. The van der Waals surface area contributed by atoms with Gasteiger partial charge in [0.25, 0.3) is 5.91 Å². The molecule has 0 aromatic heterocycles. The van der Waals surface area contributed by atoms with Gasteiger partial charge in [0.05, 0.1) is 6.61 Å². The van der Waals surface area contributed by atoms with Gasteiger partial charge in [0, 0.05) is 11.6 Å². The summed E-state index contributed by atoms with van der Waals surface area (Å²) in [6, 6.07) is 7.49. The minimum Gasteiger partial charge on any atom is -0.392 e. The van der Waals surface area contributed by atoms with Crippen LogP contribution in [0.25, 0.3) is 0 Å². The second-order valence-corrected chi connectivity index (χ2v) is 4.67. The van der Waals surface area contributed by atoms with Crippen LogP contribution in [0.3, 0.4) is 0 Å². The Balaban J connectivity index is 1.98. The standard InChI is InChI=1S/C14H19NO2/c16-10-11-5-4-6-12(9-11)14(17)15-13-7-2-1-3-8-13/h4-6,9,13,16H,1-3,7-8,10H2,(H,15,17). The zero-order chi connectivity index (χ0) is 12.1. The number of amides is 1. The van der Waals surface area contributed by atoms with Gasteiger partial charge in [0.2, 0.25) is 0 Å². The lowest BCUT2D eigenvalue weighted by Crippen LogP contribution is -2.36. The third-order valence-electron chi connectivity index (χ3n) is 3.31. The highest BCUT2D eigenvalue weighted by Crippen LogP contribution is 2.18. The van der Waals surface area contributed by atoms with Gasteiger partial charge >= 0.3 is 0 Å². The molecule has 1 fully saturated rings. The third kappa shape index (κ3) is 3.30. The Labute approximate surface area is 102 Å². The third-order valence-corrected chi connectivity index (χ3v) is 3.31. The Morgan fingerprint density at radius 1 is 1.29 bits per heavy atom. The summed E-state index contributed by atoms with van der Waals surface area (Å²) in [7, 11) is 0. The molecule has 1 aliphatic carbocycles. The van der Waals surface area contributed by atoms with Crippen molar-refractivity contribution < 1.29 is 9.90 Å². The first-order chi connectivity index (χ1) is 8.29. The van der Waals surface area contributed by atoms with Crippen LogP contribution in [0.15, 0.2) is 24.3 Å². The van der Waals surface area contributed by atoms with E-state index < -0.39 is 0 Å². The summed E-state index contributed by atoms with van der Waals surface area (Å²) in [5, 5.41) is 12.1. The monoisotopic (exact) mass is 233 g/mol. The van der Waals surface area contributed by atoms with E-state index in [0.29, 0.717) is 11.6 Å². The number of aliphatic hydroxyl groups excluding tert-OH is 1. The number of hydrogen-bond donors (Lipinski definition) is 2.